The molecule has 2 aromatic rings. The van der Waals surface area contributed by atoms with Crippen LogP contribution in [0, 0.1) is 20.8 Å². The smallest absolute Gasteiger partial charge is 0.259 e. The molecule has 0 saturated carbocycles. The zero-order valence-electron chi connectivity index (χ0n) is 10.2. The lowest BCUT2D eigenvalue weighted by molar-refractivity contribution is 0.102. The van der Waals surface area contributed by atoms with E-state index in [4.69, 9.17) is 4.42 Å². The van der Waals surface area contributed by atoms with Gasteiger partial charge in [-0.3, -0.25) is 4.79 Å². The third-order valence-electron chi connectivity index (χ3n) is 2.58. The Hall–Kier alpha value is -2.03. The lowest BCUT2D eigenvalue weighted by Gasteiger charge is -2.06. The van der Waals surface area contributed by atoms with Gasteiger partial charge in [-0.15, -0.1) is 0 Å². The molecule has 1 aromatic carbocycles. The first-order valence-electron chi connectivity index (χ1n) is 5.50. The highest BCUT2D eigenvalue weighted by Crippen LogP contribution is 2.16. The summed E-state index contributed by atoms with van der Waals surface area (Å²) in [5.41, 5.74) is 3.64. The molecule has 0 bridgehead atoms. The van der Waals surface area contributed by atoms with Crippen LogP contribution in [0.5, 0.6) is 0 Å². The molecule has 1 N–H and O–H groups in total. The molecule has 0 saturated heterocycles. The molecule has 0 radical (unpaired) electrons. The number of nitrogens with one attached hydrogen (secondary N) is 1. The third kappa shape index (κ3) is 2.56. The number of amides is 1. The number of aryl methyl sites for hydroxylation is 3. The number of benzene rings is 1. The second-order valence-electron chi connectivity index (χ2n) is 4.22. The highest BCUT2D eigenvalue weighted by molar-refractivity contribution is 6.04. The SMILES string of the molecule is Cc1cc(C)cc(NC(=O)c2ccoc2C)c1. The second-order valence-corrected chi connectivity index (χ2v) is 4.22. The summed E-state index contributed by atoms with van der Waals surface area (Å²) in [5.74, 6) is 0.494. The van der Waals surface area contributed by atoms with Crippen molar-refractivity contribution in [3.63, 3.8) is 0 Å². The van der Waals surface area contributed by atoms with Crippen molar-refractivity contribution in [1.82, 2.24) is 0 Å². The van der Waals surface area contributed by atoms with Crippen molar-refractivity contribution in [3.05, 3.63) is 53.0 Å². The van der Waals surface area contributed by atoms with Crippen molar-refractivity contribution < 1.29 is 9.21 Å². The summed E-state index contributed by atoms with van der Waals surface area (Å²) in [7, 11) is 0. The number of rotatable bonds is 2. The lowest BCUT2D eigenvalue weighted by Crippen LogP contribution is -2.12. The quantitative estimate of drug-likeness (QED) is 0.856. The van der Waals surface area contributed by atoms with E-state index in [1.165, 1.54) is 6.26 Å². The van der Waals surface area contributed by atoms with Crippen LogP contribution in [0.15, 0.2) is 34.9 Å². The number of hydrogen-bond donors (Lipinski definition) is 1. The Bertz CT molecular complexity index is 535. The van der Waals surface area contributed by atoms with Crippen LogP contribution in [0.4, 0.5) is 5.69 Å². The average molecular weight is 229 g/mol. The van der Waals surface area contributed by atoms with Gasteiger partial charge in [0.15, 0.2) is 0 Å². The molecule has 1 amide bonds. The Labute approximate surface area is 100 Å². The monoisotopic (exact) mass is 229 g/mol. The maximum absolute atomic E-state index is 11.9. The summed E-state index contributed by atoms with van der Waals surface area (Å²) in [6.07, 6.45) is 1.52. The molecule has 1 aromatic heterocycles. The van der Waals surface area contributed by atoms with E-state index in [1.54, 1.807) is 13.0 Å². The predicted molar refractivity (Wildman–Crippen MR) is 67.3 cm³/mol. The number of anilines is 1. The van der Waals surface area contributed by atoms with Crippen LogP contribution < -0.4 is 5.32 Å². The molecule has 0 aliphatic heterocycles. The Morgan fingerprint density at radius 1 is 1.12 bits per heavy atom. The minimum atomic E-state index is -0.138. The van der Waals surface area contributed by atoms with Crippen molar-refractivity contribution >= 4 is 11.6 Å². The summed E-state index contributed by atoms with van der Waals surface area (Å²) < 4.78 is 5.11. The molecule has 1 heterocycles. The van der Waals surface area contributed by atoms with Gasteiger partial charge in [0.25, 0.3) is 5.91 Å². The maximum Gasteiger partial charge on any atom is 0.259 e. The lowest BCUT2D eigenvalue weighted by atomic mass is 10.1. The van der Waals surface area contributed by atoms with Crippen molar-refractivity contribution in [2.24, 2.45) is 0 Å². The van der Waals surface area contributed by atoms with E-state index in [-0.39, 0.29) is 5.91 Å². The van der Waals surface area contributed by atoms with Crippen molar-refractivity contribution in [2.75, 3.05) is 5.32 Å². The number of furan rings is 1. The summed E-state index contributed by atoms with van der Waals surface area (Å²) in [4.78, 5) is 11.9. The Balaban J connectivity index is 2.21. The molecule has 17 heavy (non-hydrogen) atoms. The fraction of sp³-hybridized carbons (Fsp3) is 0.214. The normalized spacial score (nSPS) is 10.3. The van der Waals surface area contributed by atoms with Crippen LogP contribution in [0.1, 0.15) is 27.2 Å². The van der Waals surface area contributed by atoms with Gasteiger partial charge in [-0.25, -0.2) is 0 Å². The fourth-order valence-corrected chi connectivity index (χ4v) is 1.87. The largest absolute Gasteiger partial charge is 0.469 e. The van der Waals surface area contributed by atoms with Crippen LogP contribution in [-0.2, 0) is 0 Å². The topological polar surface area (TPSA) is 42.2 Å². The van der Waals surface area contributed by atoms with Crippen molar-refractivity contribution in [1.29, 1.82) is 0 Å². The highest BCUT2D eigenvalue weighted by atomic mass is 16.3. The fourth-order valence-electron chi connectivity index (χ4n) is 1.87. The zero-order valence-corrected chi connectivity index (χ0v) is 10.2. The average Bonchev–Trinajstić information content (AvgIpc) is 2.62. The van der Waals surface area contributed by atoms with Crippen LogP contribution in [0.25, 0.3) is 0 Å². The van der Waals surface area contributed by atoms with E-state index in [2.05, 4.69) is 11.4 Å². The van der Waals surface area contributed by atoms with E-state index in [0.717, 1.165) is 16.8 Å². The Kier molecular flexibility index (Phi) is 3.00. The molecular weight excluding hydrogens is 214 g/mol. The van der Waals surface area contributed by atoms with E-state index < -0.39 is 0 Å². The van der Waals surface area contributed by atoms with E-state index in [1.807, 2.05) is 26.0 Å². The maximum atomic E-state index is 11.9. The predicted octanol–water partition coefficient (Wildman–Crippen LogP) is 3.46. The van der Waals surface area contributed by atoms with Gasteiger partial charge in [0, 0.05) is 5.69 Å². The number of hydrogen-bond acceptors (Lipinski definition) is 2. The number of carbonyl (C=O) groups excluding carboxylic acids is 1. The molecule has 88 valence electrons. The molecule has 3 nitrogen and oxygen atoms in total. The van der Waals surface area contributed by atoms with Crippen LogP contribution >= 0.6 is 0 Å². The van der Waals surface area contributed by atoms with Gasteiger partial charge < -0.3 is 9.73 Å². The van der Waals surface area contributed by atoms with Crippen molar-refractivity contribution in [2.45, 2.75) is 20.8 Å². The van der Waals surface area contributed by atoms with Crippen LogP contribution in [0.2, 0.25) is 0 Å². The summed E-state index contributed by atoms with van der Waals surface area (Å²) in [6, 6.07) is 7.63. The minimum Gasteiger partial charge on any atom is -0.469 e. The van der Waals surface area contributed by atoms with Gasteiger partial charge in [-0.1, -0.05) is 6.07 Å². The first kappa shape index (κ1) is 11.5. The molecule has 0 aliphatic rings. The van der Waals surface area contributed by atoms with E-state index >= 15 is 0 Å². The van der Waals surface area contributed by atoms with Gasteiger partial charge in [-0.05, 0) is 50.1 Å². The van der Waals surface area contributed by atoms with Gasteiger partial charge in [0.05, 0.1) is 11.8 Å². The molecule has 3 heteroatoms. The Morgan fingerprint density at radius 3 is 2.29 bits per heavy atom. The molecule has 0 spiro atoms. The van der Waals surface area contributed by atoms with Crippen LogP contribution in [-0.4, -0.2) is 5.91 Å². The van der Waals surface area contributed by atoms with E-state index in [0.29, 0.717) is 11.3 Å². The summed E-state index contributed by atoms with van der Waals surface area (Å²) in [5, 5.41) is 2.87. The van der Waals surface area contributed by atoms with Gasteiger partial charge in [0.1, 0.15) is 5.76 Å². The van der Waals surface area contributed by atoms with E-state index in [9.17, 15) is 4.79 Å². The second kappa shape index (κ2) is 4.45. The molecule has 0 unspecified atom stereocenters. The summed E-state index contributed by atoms with van der Waals surface area (Å²) >= 11 is 0. The van der Waals surface area contributed by atoms with Crippen LogP contribution in [0.3, 0.4) is 0 Å². The molecule has 2 rings (SSSR count). The minimum absolute atomic E-state index is 0.138. The first-order valence-corrected chi connectivity index (χ1v) is 5.50. The molecule has 0 aliphatic carbocycles. The van der Waals surface area contributed by atoms with Gasteiger partial charge in [-0.2, -0.15) is 0 Å². The third-order valence-corrected chi connectivity index (χ3v) is 2.58. The van der Waals surface area contributed by atoms with Gasteiger partial charge >= 0.3 is 0 Å². The first-order chi connectivity index (χ1) is 8.06. The molecule has 0 atom stereocenters. The molecular formula is C14H15NO2. The molecule has 0 fully saturated rings. The Morgan fingerprint density at radius 2 is 1.76 bits per heavy atom. The standard InChI is InChI=1S/C14H15NO2/c1-9-6-10(2)8-12(7-9)15-14(16)13-4-5-17-11(13)3/h4-8H,1-3H3,(H,15,16). The van der Waals surface area contributed by atoms with Crippen molar-refractivity contribution in [3.8, 4) is 0 Å². The van der Waals surface area contributed by atoms with Gasteiger partial charge in [0.2, 0.25) is 0 Å². The summed E-state index contributed by atoms with van der Waals surface area (Å²) in [6.45, 7) is 5.79. The number of carbonyl (C=O) groups is 1. The highest BCUT2D eigenvalue weighted by Gasteiger charge is 2.11. The zero-order chi connectivity index (χ0) is 12.4.